The monoisotopic (exact) mass is 240 g/mol. The fourth-order valence-corrected chi connectivity index (χ4v) is 3.62. The van der Waals surface area contributed by atoms with Gasteiger partial charge < -0.3 is 5.11 Å². The molecule has 2 aliphatic carbocycles. The SMILES string of the molecule is CC1(C)[C@@H]2C=CC[C@@H]2[C@@]1(O)/C=C/c1ccccc1. The molecule has 2 aliphatic rings. The standard InChI is InChI=1S/C17H20O/c1-16(2)14-9-6-10-15(14)17(16,18)12-11-13-7-4-3-5-8-13/h3-9,11-12,14-15,18H,10H2,1-2H3/b12-11+/t14-,15+,17+/m1/s1. The third-order valence-electron chi connectivity index (χ3n) is 4.93. The summed E-state index contributed by atoms with van der Waals surface area (Å²) in [6.07, 6.45) is 9.55. The smallest absolute Gasteiger partial charge is 0.0924 e. The van der Waals surface area contributed by atoms with E-state index in [9.17, 15) is 5.11 Å². The summed E-state index contributed by atoms with van der Waals surface area (Å²) in [6, 6.07) is 10.2. The maximum atomic E-state index is 10.9. The Hall–Kier alpha value is -1.34. The first-order valence-electron chi connectivity index (χ1n) is 6.69. The summed E-state index contributed by atoms with van der Waals surface area (Å²) in [5.41, 5.74) is 0.420. The van der Waals surface area contributed by atoms with Gasteiger partial charge in [-0.1, -0.05) is 68.5 Å². The predicted octanol–water partition coefficient (Wildman–Crippen LogP) is 3.66. The zero-order chi connectivity index (χ0) is 12.8. The van der Waals surface area contributed by atoms with Crippen LogP contribution in [0.5, 0.6) is 0 Å². The normalized spacial score (nSPS) is 36.6. The van der Waals surface area contributed by atoms with Crippen molar-refractivity contribution in [3.63, 3.8) is 0 Å². The molecule has 0 heterocycles. The molecule has 3 rings (SSSR count). The van der Waals surface area contributed by atoms with E-state index >= 15 is 0 Å². The van der Waals surface area contributed by atoms with Gasteiger partial charge in [0.1, 0.15) is 0 Å². The Kier molecular flexibility index (Phi) is 2.49. The summed E-state index contributed by atoms with van der Waals surface area (Å²) in [6.45, 7) is 4.33. The Labute approximate surface area is 109 Å². The average Bonchev–Trinajstić information content (AvgIpc) is 2.85. The summed E-state index contributed by atoms with van der Waals surface area (Å²) >= 11 is 0. The molecule has 0 amide bonds. The Morgan fingerprint density at radius 1 is 1.22 bits per heavy atom. The van der Waals surface area contributed by atoms with Crippen LogP contribution in [0.4, 0.5) is 0 Å². The Bertz CT molecular complexity index is 498. The van der Waals surface area contributed by atoms with Crippen LogP contribution in [0.2, 0.25) is 0 Å². The Balaban J connectivity index is 1.86. The van der Waals surface area contributed by atoms with Gasteiger partial charge in [-0.05, 0) is 17.9 Å². The van der Waals surface area contributed by atoms with Gasteiger partial charge in [-0.3, -0.25) is 0 Å². The van der Waals surface area contributed by atoms with Gasteiger partial charge >= 0.3 is 0 Å². The van der Waals surface area contributed by atoms with E-state index in [4.69, 9.17) is 0 Å². The number of fused-ring (bicyclic) bond motifs is 1. The van der Waals surface area contributed by atoms with Gasteiger partial charge in [0.2, 0.25) is 0 Å². The van der Waals surface area contributed by atoms with E-state index in [1.807, 2.05) is 24.3 Å². The molecule has 0 aliphatic heterocycles. The van der Waals surface area contributed by atoms with Gasteiger partial charge in [-0.15, -0.1) is 0 Å². The first-order chi connectivity index (χ1) is 8.56. The molecule has 0 bridgehead atoms. The maximum Gasteiger partial charge on any atom is 0.0924 e. The molecule has 1 fully saturated rings. The number of hydrogen-bond donors (Lipinski definition) is 1. The highest BCUT2D eigenvalue weighted by molar-refractivity contribution is 5.52. The summed E-state index contributed by atoms with van der Waals surface area (Å²) < 4.78 is 0. The average molecular weight is 240 g/mol. The molecule has 0 spiro atoms. The Morgan fingerprint density at radius 3 is 2.67 bits per heavy atom. The fraction of sp³-hybridized carbons (Fsp3) is 0.412. The maximum absolute atomic E-state index is 10.9. The molecule has 0 unspecified atom stereocenters. The van der Waals surface area contributed by atoms with Crippen molar-refractivity contribution in [2.24, 2.45) is 17.3 Å². The molecule has 1 aromatic carbocycles. The minimum absolute atomic E-state index is 0.0596. The van der Waals surface area contributed by atoms with Crippen LogP contribution in [0.15, 0.2) is 48.6 Å². The Morgan fingerprint density at radius 2 is 1.94 bits per heavy atom. The number of hydrogen-bond acceptors (Lipinski definition) is 1. The molecular weight excluding hydrogens is 220 g/mol. The largest absolute Gasteiger partial charge is 0.385 e. The van der Waals surface area contributed by atoms with Crippen molar-refractivity contribution in [1.29, 1.82) is 0 Å². The van der Waals surface area contributed by atoms with Crippen LogP contribution in [0.3, 0.4) is 0 Å². The van der Waals surface area contributed by atoms with Gasteiger partial charge in [0.15, 0.2) is 0 Å². The van der Waals surface area contributed by atoms with E-state index in [0.717, 1.165) is 12.0 Å². The van der Waals surface area contributed by atoms with Gasteiger partial charge in [0.25, 0.3) is 0 Å². The second kappa shape index (κ2) is 3.83. The molecule has 94 valence electrons. The van der Waals surface area contributed by atoms with Gasteiger partial charge in [-0.2, -0.15) is 0 Å². The van der Waals surface area contributed by atoms with Gasteiger partial charge in [-0.25, -0.2) is 0 Å². The van der Waals surface area contributed by atoms with Crippen LogP contribution >= 0.6 is 0 Å². The second-order valence-corrected chi connectivity index (χ2v) is 6.09. The zero-order valence-corrected chi connectivity index (χ0v) is 11.0. The van der Waals surface area contributed by atoms with Crippen molar-refractivity contribution < 1.29 is 5.11 Å². The minimum Gasteiger partial charge on any atom is -0.385 e. The van der Waals surface area contributed by atoms with Crippen LogP contribution in [0, 0.1) is 17.3 Å². The first kappa shape index (κ1) is 11.7. The molecule has 18 heavy (non-hydrogen) atoms. The first-order valence-corrected chi connectivity index (χ1v) is 6.69. The minimum atomic E-state index is -0.670. The van der Waals surface area contributed by atoms with E-state index in [1.54, 1.807) is 0 Å². The van der Waals surface area contributed by atoms with Crippen molar-refractivity contribution in [2.45, 2.75) is 25.9 Å². The molecule has 0 aromatic heterocycles. The number of allylic oxidation sites excluding steroid dienone is 2. The highest BCUT2D eigenvalue weighted by Gasteiger charge is 2.64. The fourth-order valence-electron chi connectivity index (χ4n) is 3.62. The second-order valence-electron chi connectivity index (χ2n) is 6.09. The van der Waals surface area contributed by atoms with Crippen molar-refractivity contribution in [1.82, 2.24) is 0 Å². The quantitative estimate of drug-likeness (QED) is 0.782. The van der Waals surface area contributed by atoms with E-state index < -0.39 is 5.60 Å². The van der Waals surface area contributed by atoms with Crippen LogP contribution in [0.25, 0.3) is 6.08 Å². The van der Waals surface area contributed by atoms with Crippen LogP contribution in [-0.2, 0) is 0 Å². The van der Waals surface area contributed by atoms with Crippen molar-refractivity contribution in [3.05, 3.63) is 54.1 Å². The summed E-state index contributed by atoms with van der Waals surface area (Å²) in [5.74, 6) is 0.899. The van der Waals surface area contributed by atoms with Crippen LogP contribution in [-0.4, -0.2) is 10.7 Å². The predicted molar refractivity (Wildman–Crippen MR) is 74.9 cm³/mol. The van der Waals surface area contributed by atoms with Crippen LogP contribution in [0.1, 0.15) is 25.8 Å². The van der Waals surface area contributed by atoms with Gasteiger partial charge in [0.05, 0.1) is 5.60 Å². The van der Waals surface area contributed by atoms with E-state index in [2.05, 4.69) is 44.2 Å². The molecule has 0 radical (unpaired) electrons. The zero-order valence-electron chi connectivity index (χ0n) is 11.0. The molecule has 3 atom stereocenters. The third-order valence-corrected chi connectivity index (χ3v) is 4.93. The van der Waals surface area contributed by atoms with E-state index in [1.165, 1.54) is 0 Å². The molecule has 1 N–H and O–H groups in total. The van der Waals surface area contributed by atoms with E-state index in [0.29, 0.717) is 11.8 Å². The lowest BCUT2D eigenvalue weighted by atomic mass is 9.46. The lowest BCUT2D eigenvalue weighted by Gasteiger charge is -2.61. The highest BCUT2D eigenvalue weighted by atomic mass is 16.3. The van der Waals surface area contributed by atoms with Gasteiger partial charge in [0, 0.05) is 11.3 Å². The summed E-state index contributed by atoms with van der Waals surface area (Å²) in [7, 11) is 0. The van der Waals surface area contributed by atoms with E-state index in [-0.39, 0.29) is 5.41 Å². The summed E-state index contributed by atoms with van der Waals surface area (Å²) in [4.78, 5) is 0. The third kappa shape index (κ3) is 1.44. The molecule has 1 saturated carbocycles. The number of benzene rings is 1. The topological polar surface area (TPSA) is 20.2 Å². The lowest BCUT2D eigenvalue weighted by Crippen LogP contribution is -2.65. The van der Waals surface area contributed by atoms with Crippen LogP contribution < -0.4 is 0 Å². The lowest BCUT2D eigenvalue weighted by molar-refractivity contribution is -0.193. The molecule has 1 nitrogen and oxygen atoms in total. The van der Waals surface area contributed by atoms with Crippen molar-refractivity contribution in [2.75, 3.05) is 0 Å². The van der Waals surface area contributed by atoms with Crippen molar-refractivity contribution in [3.8, 4) is 0 Å². The number of rotatable bonds is 2. The molecule has 1 heteroatoms. The molecular formula is C17H20O. The highest BCUT2D eigenvalue weighted by Crippen LogP contribution is 2.63. The summed E-state index contributed by atoms with van der Waals surface area (Å²) in [5, 5.41) is 10.9. The van der Waals surface area contributed by atoms with Crippen molar-refractivity contribution >= 4 is 6.08 Å². The molecule has 0 saturated heterocycles. The number of aliphatic hydroxyl groups is 1. The molecule has 1 aromatic rings.